The summed E-state index contributed by atoms with van der Waals surface area (Å²) < 4.78 is 0. The summed E-state index contributed by atoms with van der Waals surface area (Å²) >= 11 is 0. The Morgan fingerprint density at radius 3 is 2.35 bits per heavy atom. The molecule has 7 atom stereocenters. The average Bonchev–Trinajstić information content (AvgIpc) is 2.81. The van der Waals surface area contributed by atoms with Crippen LogP contribution in [0.25, 0.3) is 0 Å². The summed E-state index contributed by atoms with van der Waals surface area (Å²) in [5.41, 5.74) is -2.23. The van der Waals surface area contributed by atoms with Crippen molar-refractivity contribution >= 4 is 17.3 Å². The van der Waals surface area contributed by atoms with Gasteiger partial charge in [0, 0.05) is 30.6 Å². The molecule has 0 saturated heterocycles. The molecule has 0 aromatic heterocycles. The zero-order chi connectivity index (χ0) is 19.1. The van der Waals surface area contributed by atoms with Crippen molar-refractivity contribution in [1.29, 1.82) is 0 Å². The Morgan fingerprint density at radius 2 is 1.69 bits per heavy atom. The van der Waals surface area contributed by atoms with Crippen LogP contribution in [-0.2, 0) is 14.4 Å². The lowest BCUT2D eigenvalue weighted by Crippen LogP contribution is -2.63. The van der Waals surface area contributed by atoms with Gasteiger partial charge in [-0.15, -0.1) is 0 Å². The summed E-state index contributed by atoms with van der Waals surface area (Å²) in [6.45, 7) is 7.89. The SMILES string of the molecule is CC(=O)[C@@]1(O)CC[C@H]2[C@H]3CC[C@@]4(C)CC(=O)CC[C@]4(C)[C@@H]3C(=O)C[C@@]21C. The molecule has 0 aromatic rings. The Labute approximate surface area is 156 Å². The van der Waals surface area contributed by atoms with E-state index in [1.807, 2.05) is 6.92 Å². The third kappa shape index (κ3) is 1.97. The van der Waals surface area contributed by atoms with Crippen LogP contribution < -0.4 is 0 Å². The van der Waals surface area contributed by atoms with Crippen LogP contribution in [-0.4, -0.2) is 28.1 Å². The molecule has 4 rings (SSSR count). The van der Waals surface area contributed by atoms with E-state index in [9.17, 15) is 19.5 Å². The Bertz CT molecular complexity index is 698. The van der Waals surface area contributed by atoms with Crippen molar-refractivity contribution < 1.29 is 19.5 Å². The number of rotatable bonds is 1. The van der Waals surface area contributed by atoms with Gasteiger partial charge in [0.2, 0.25) is 0 Å². The van der Waals surface area contributed by atoms with Gasteiger partial charge in [0.25, 0.3) is 0 Å². The molecule has 4 aliphatic carbocycles. The normalized spacial score (nSPS) is 53.7. The molecule has 144 valence electrons. The number of Topliss-reactive ketones (excluding diaryl/α,β-unsaturated/α-hetero) is 3. The van der Waals surface area contributed by atoms with Gasteiger partial charge in [0.15, 0.2) is 5.78 Å². The number of fused-ring (bicyclic) bond motifs is 5. The maximum Gasteiger partial charge on any atom is 0.161 e. The van der Waals surface area contributed by atoms with Crippen molar-refractivity contribution in [3.8, 4) is 0 Å². The molecule has 0 radical (unpaired) electrons. The summed E-state index contributed by atoms with van der Waals surface area (Å²) in [4.78, 5) is 37.9. The van der Waals surface area contributed by atoms with Crippen molar-refractivity contribution in [2.75, 3.05) is 0 Å². The third-order valence-electron chi connectivity index (χ3n) is 9.60. The fourth-order valence-corrected chi connectivity index (χ4v) is 7.77. The van der Waals surface area contributed by atoms with Crippen LogP contribution in [0.5, 0.6) is 0 Å². The second kappa shape index (κ2) is 5.27. The summed E-state index contributed by atoms with van der Waals surface area (Å²) in [5, 5.41) is 11.2. The molecule has 4 nitrogen and oxygen atoms in total. The van der Waals surface area contributed by atoms with Crippen LogP contribution in [0.2, 0.25) is 0 Å². The summed E-state index contributed by atoms with van der Waals surface area (Å²) in [7, 11) is 0. The number of carbonyl (C=O) groups excluding carboxylic acids is 3. The molecule has 4 aliphatic rings. The third-order valence-corrected chi connectivity index (χ3v) is 9.60. The monoisotopic (exact) mass is 360 g/mol. The summed E-state index contributed by atoms with van der Waals surface area (Å²) in [6, 6.07) is 0. The second-order valence-corrected chi connectivity index (χ2v) is 10.5. The molecule has 0 unspecified atom stereocenters. The molecule has 0 aliphatic heterocycles. The van der Waals surface area contributed by atoms with Crippen LogP contribution in [0.3, 0.4) is 0 Å². The number of carbonyl (C=O) groups is 3. The molecule has 0 amide bonds. The molecular weight excluding hydrogens is 328 g/mol. The highest BCUT2D eigenvalue weighted by Crippen LogP contribution is 2.70. The maximum atomic E-state index is 13.5. The first-order valence-corrected chi connectivity index (χ1v) is 10.3. The minimum absolute atomic E-state index is 0.0262. The van der Waals surface area contributed by atoms with E-state index >= 15 is 0 Å². The molecule has 26 heavy (non-hydrogen) atoms. The standard InChI is InChI=1S/C22H32O4/c1-13(23)22(26)10-7-16-15-6-8-19(2)11-14(24)5-9-20(19,3)18(15)17(25)12-21(16,22)4/h15-16,18,26H,5-12H2,1-4H3/t15-,16+,18+,19+,20-,21+,22+/m1/s1. The molecule has 0 spiro atoms. The predicted molar refractivity (Wildman–Crippen MR) is 97.4 cm³/mol. The molecule has 4 fully saturated rings. The van der Waals surface area contributed by atoms with Crippen molar-refractivity contribution in [3.05, 3.63) is 0 Å². The van der Waals surface area contributed by atoms with E-state index in [1.165, 1.54) is 6.92 Å². The highest BCUT2D eigenvalue weighted by Gasteiger charge is 2.70. The molecule has 0 bridgehead atoms. The van der Waals surface area contributed by atoms with Crippen LogP contribution in [0.4, 0.5) is 0 Å². The van der Waals surface area contributed by atoms with Crippen LogP contribution in [0.1, 0.15) is 79.1 Å². The molecule has 4 saturated carbocycles. The maximum absolute atomic E-state index is 13.5. The Kier molecular flexibility index (Phi) is 3.72. The summed E-state index contributed by atoms with van der Waals surface area (Å²) in [5.74, 6) is 0.797. The van der Waals surface area contributed by atoms with Crippen LogP contribution in [0.15, 0.2) is 0 Å². The minimum Gasteiger partial charge on any atom is -0.381 e. The van der Waals surface area contributed by atoms with E-state index in [4.69, 9.17) is 0 Å². The van der Waals surface area contributed by atoms with Gasteiger partial charge in [-0.2, -0.15) is 0 Å². The molecule has 4 heteroatoms. The number of hydrogen-bond acceptors (Lipinski definition) is 4. The Hall–Kier alpha value is -1.03. The van der Waals surface area contributed by atoms with E-state index in [1.54, 1.807) is 0 Å². The fraction of sp³-hybridized carbons (Fsp3) is 0.864. The smallest absolute Gasteiger partial charge is 0.161 e. The predicted octanol–water partition coefficient (Wildman–Crippen LogP) is 3.49. The average molecular weight is 360 g/mol. The first kappa shape index (κ1) is 18.3. The number of ketones is 3. The zero-order valence-corrected chi connectivity index (χ0v) is 16.6. The van der Waals surface area contributed by atoms with Crippen LogP contribution >= 0.6 is 0 Å². The first-order chi connectivity index (χ1) is 12.0. The van der Waals surface area contributed by atoms with Gasteiger partial charge in [-0.3, -0.25) is 14.4 Å². The number of hydrogen-bond donors (Lipinski definition) is 1. The van der Waals surface area contributed by atoms with E-state index < -0.39 is 11.0 Å². The molecule has 1 N–H and O–H groups in total. The van der Waals surface area contributed by atoms with Gasteiger partial charge < -0.3 is 5.11 Å². The van der Waals surface area contributed by atoms with Gasteiger partial charge in [-0.25, -0.2) is 0 Å². The highest BCUT2D eigenvalue weighted by molar-refractivity contribution is 5.91. The Balaban J connectivity index is 1.76. The van der Waals surface area contributed by atoms with Crippen molar-refractivity contribution in [3.63, 3.8) is 0 Å². The zero-order valence-electron chi connectivity index (χ0n) is 16.6. The van der Waals surface area contributed by atoms with Gasteiger partial charge >= 0.3 is 0 Å². The lowest BCUT2D eigenvalue weighted by molar-refractivity contribution is -0.187. The van der Waals surface area contributed by atoms with E-state index in [2.05, 4.69) is 13.8 Å². The lowest BCUT2D eigenvalue weighted by atomic mass is 9.40. The summed E-state index contributed by atoms with van der Waals surface area (Å²) in [6.07, 6.45) is 5.49. The molecule has 0 aromatic carbocycles. The van der Waals surface area contributed by atoms with E-state index in [0.717, 1.165) is 25.7 Å². The topological polar surface area (TPSA) is 71.4 Å². The van der Waals surface area contributed by atoms with Gasteiger partial charge in [-0.05, 0) is 61.7 Å². The second-order valence-electron chi connectivity index (χ2n) is 10.5. The quantitative estimate of drug-likeness (QED) is 0.777. The van der Waals surface area contributed by atoms with Gasteiger partial charge in [0.1, 0.15) is 17.2 Å². The lowest BCUT2D eigenvalue weighted by Gasteiger charge is -2.63. The first-order valence-electron chi connectivity index (χ1n) is 10.3. The molecular formula is C22H32O4. The van der Waals surface area contributed by atoms with Crippen molar-refractivity contribution in [1.82, 2.24) is 0 Å². The fourth-order valence-electron chi connectivity index (χ4n) is 7.77. The van der Waals surface area contributed by atoms with Crippen LogP contribution in [0, 0.1) is 34.0 Å². The largest absolute Gasteiger partial charge is 0.381 e. The minimum atomic E-state index is -1.36. The van der Waals surface area contributed by atoms with E-state index in [0.29, 0.717) is 31.5 Å². The van der Waals surface area contributed by atoms with Gasteiger partial charge in [-0.1, -0.05) is 20.8 Å². The molecule has 0 heterocycles. The van der Waals surface area contributed by atoms with Gasteiger partial charge in [0.05, 0.1) is 0 Å². The highest BCUT2D eigenvalue weighted by atomic mass is 16.3. The van der Waals surface area contributed by atoms with Crippen molar-refractivity contribution in [2.24, 2.45) is 34.0 Å². The van der Waals surface area contributed by atoms with E-state index in [-0.39, 0.29) is 40.2 Å². The Morgan fingerprint density at radius 1 is 1.00 bits per heavy atom. The van der Waals surface area contributed by atoms with Crippen molar-refractivity contribution in [2.45, 2.75) is 84.7 Å². The number of aliphatic hydroxyl groups is 1.